The lowest BCUT2D eigenvalue weighted by Crippen LogP contribution is -2.49. The lowest BCUT2D eigenvalue weighted by molar-refractivity contribution is -0.121. The summed E-state index contributed by atoms with van der Waals surface area (Å²) >= 11 is 6.16. The standard InChI is InChI=1S/C28H29ClN6O4/c1-39-21-14-31-28(32-15-21)34-25(36)18-7-5-17(6-8-18)16-35-24(13-20-4-2-3-11-30-20)26(37)33-23-12-19(29)9-10-22(23)27(35)38/h2-4,9-12,14-15,17-18,24H,5-8,13,16H2,1H3,(H,33,37)(H,31,32,34,36). The molecule has 39 heavy (non-hydrogen) atoms. The van der Waals surface area contributed by atoms with Crippen LogP contribution in [0.2, 0.25) is 5.02 Å². The Morgan fingerprint density at radius 2 is 1.87 bits per heavy atom. The van der Waals surface area contributed by atoms with Gasteiger partial charge in [0, 0.05) is 35.8 Å². The summed E-state index contributed by atoms with van der Waals surface area (Å²) in [4.78, 5) is 54.2. The first-order valence-electron chi connectivity index (χ1n) is 12.9. The number of hydrogen-bond donors (Lipinski definition) is 2. The summed E-state index contributed by atoms with van der Waals surface area (Å²) in [6.07, 6.45) is 7.79. The Balaban J connectivity index is 1.28. The number of pyridine rings is 1. The summed E-state index contributed by atoms with van der Waals surface area (Å²) in [7, 11) is 1.52. The van der Waals surface area contributed by atoms with Crippen molar-refractivity contribution in [2.75, 3.05) is 24.3 Å². The number of anilines is 2. The Kier molecular flexibility index (Phi) is 8.02. The van der Waals surface area contributed by atoms with Gasteiger partial charge in [0.2, 0.25) is 17.8 Å². The van der Waals surface area contributed by atoms with Gasteiger partial charge >= 0.3 is 0 Å². The molecule has 0 bridgehead atoms. The predicted molar refractivity (Wildman–Crippen MR) is 146 cm³/mol. The molecule has 1 atom stereocenters. The Bertz CT molecular complexity index is 1350. The Morgan fingerprint density at radius 3 is 2.56 bits per heavy atom. The zero-order chi connectivity index (χ0) is 27.4. The zero-order valence-corrected chi connectivity index (χ0v) is 22.2. The molecule has 0 radical (unpaired) electrons. The molecule has 1 aromatic carbocycles. The van der Waals surface area contributed by atoms with E-state index in [1.807, 2.05) is 18.2 Å². The number of rotatable bonds is 7. The van der Waals surface area contributed by atoms with E-state index in [2.05, 4.69) is 25.6 Å². The minimum atomic E-state index is -0.730. The Morgan fingerprint density at radius 1 is 1.10 bits per heavy atom. The van der Waals surface area contributed by atoms with Crippen LogP contribution in [-0.2, 0) is 16.0 Å². The average Bonchev–Trinajstić information content (AvgIpc) is 3.04. The highest BCUT2D eigenvalue weighted by molar-refractivity contribution is 6.31. The molecule has 3 heterocycles. The number of aromatic nitrogens is 3. The van der Waals surface area contributed by atoms with Gasteiger partial charge in [-0.05, 0) is 61.9 Å². The maximum Gasteiger partial charge on any atom is 0.256 e. The maximum atomic E-state index is 13.8. The van der Waals surface area contributed by atoms with E-state index in [1.54, 1.807) is 29.3 Å². The number of fused-ring (bicyclic) bond motifs is 1. The Labute approximate surface area is 231 Å². The van der Waals surface area contributed by atoms with Crippen molar-refractivity contribution in [3.8, 4) is 5.75 Å². The van der Waals surface area contributed by atoms with Crippen LogP contribution in [0.15, 0.2) is 55.0 Å². The molecule has 3 amide bonds. The van der Waals surface area contributed by atoms with Crippen molar-refractivity contribution in [2.24, 2.45) is 11.8 Å². The van der Waals surface area contributed by atoms with Gasteiger partial charge in [0.15, 0.2) is 5.75 Å². The molecular formula is C28H29ClN6O4. The fourth-order valence-corrected chi connectivity index (χ4v) is 5.35. The molecule has 202 valence electrons. The maximum absolute atomic E-state index is 13.8. The van der Waals surface area contributed by atoms with Crippen molar-refractivity contribution in [3.05, 3.63) is 71.3 Å². The summed E-state index contributed by atoms with van der Waals surface area (Å²) in [5.41, 5.74) is 1.54. The van der Waals surface area contributed by atoms with E-state index in [-0.39, 0.29) is 35.5 Å². The smallest absolute Gasteiger partial charge is 0.256 e. The van der Waals surface area contributed by atoms with Gasteiger partial charge in [0.1, 0.15) is 6.04 Å². The van der Waals surface area contributed by atoms with Crippen LogP contribution < -0.4 is 15.4 Å². The quantitative estimate of drug-likeness (QED) is 0.457. The SMILES string of the molecule is COc1cnc(NC(=O)C2CCC(CN3C(=O)c4ccc(Cl)cc4NC(=O)C3Cc3ccccn3)CC2)nc1. The van der Waals surface area contributed by atoms with Crippen molar-refractivity contribution in [1.29, 1.82) is 0 Å². The van der Waals surface area contributed by atoms with E-state index in [1.165, 1.54) is 19.5 Å². The average molecular weight is 549 g/mol. The topological polar surface area (TPSA) is 126 Å². The zero-order valence-electron chi connectivity index (χ0n) is 21.5. The number of methoxy groups -OCH3 is 1. The number of nitrogens with one attached hydrogen (secondary N) is 2. The largest absolute Gasteiger partial charge is 0.494 e. The fourth-order valence-electron chi connectivity index (χ4n) is 5.17. The number of amides is 3. The van der Waals surface area contributed by atoms with Crippen molar-refractivity contribution in [2.45, 2.75) is 38.1 Å². The van der Waals surface area contributed by atoms with E-state index in [9.17, 15) is 14.4 Å². The van der Waals surface area contributed by atoms with Gasteiger partial charge < -0.3 is 15.0 Å². The molecule has 1 saturated carbocycles. The monoisotopic (exact) mass is 548 g/mol. The van der Waals surface area contributed by atoms with E-state index < -0.39 is 6.04 Å². The summed E-state index contributed by atoms with van der Waals surface area (Å²) in [5.74, 6) is 0.0886. The number of carbonyl (C=O) groups is 3. The first kappa shape index (κ1) is 26.6. The number of halogens is 1. The van der Waals surface area contributed by atoms with E-state index in [4.69, 9.17) is 16.3 Å². The predicted octanol–water partition coefficient (Wildman–Crippen LogP) is 3.98. The number of carbonyl (C=O) groups excluding carboxylic acids is 3. The molecule has 0 saturated heterocycles. The normalized spacial score (nSPS) is 21.0. The van der Waals surface area contributed by atoms with Gasteiger partial charge in [-0.25, -0.2) is 9.97 Å². The highest BCUT2D eigenvalue weighted by atomic mass is 35.5. The molecule has 1 unspecified atom stereocenters. The second-order valence-electron chi connectivity index (χ2n) is 9.83. The van der Waals surface area contributed by atoms with Crippen LogP contribution in [0, 0.1) is 11.8 Å². The van der Waals surface area contributed by atoms with Crippen molar-refractivity contribution in [3.63, 3.8) is 0 Å². The minimum absolute atomic E-state index is 0.123. The number of nitrogens with zero attached hydrogens (tertiary/aromatic N) is 4. The third-order valence-corrected chi connectivity index (χ3v) is 7.54. The molecular weight excluding hydrogens is 520 g/mol. The molecule has 1 fully saturated rings. The highest BCUT2D eigenvalue weighted by Crippen LogP contribution is 2.33. The molecule has 5 rings (SSSR count). The third kappa shape index (κ3) is 6.17. The van der Waals surface area contributed by atoms with Crippen LogP contribution >= 0.6 is 11.6 Å². The molecule has 2 aromatic heterocycles. The van der Waals surface area contributed by atoms with Crippen LogP contribution in [0.5, 0.6) is 5.75 Å². The van der Waals surface area contributed by atoms with Crippen LogP contribution in [0.3, 0.4) is 0 Å². The van der Waals surface area contributed by atoms with Gasteiger partial charge in [0.25, 0.3) is 5.91 Å². The number of hydrogen-bond acceptors (Lipinski definition) is 7. The van der Waals surface area contributed by atoms with Crippen molar-refractivity contribution < 1.29 is 19.1 Å². The number of ether oxygens (including phenoxy) is 1. The molecule has 0 spiro atoms. The molecule has 1 aliphatic heterocycles. The molecule has 11 heteroatoms. The summed E-state index contributed by atoms with van der Waals surface area (Å²) in [6, 6.07) is 9.70. The van der Waals surface area contributed by atoms with Gasteiger partial charge in [-0.3, -0.25) is 24.7 Å². The summed E-state index contributed by atoms with van der Waals surface area (Å²) < 4.78 is 5.05. The van der Waals surface area contributed by atoms with E-state index in [0.717, 1.165) is 18.5 Å². The minimum Gasteiger partial charge on any atom is -0.494 e. The molecule has 2 N–H and O–H groups in total. The lowest BCUT2D eigenvalue weighted by Gasteiger charge is -2.35. The van der Waals surface area contributed by atoms with Crippen molar-refractivity contribution in [1.82, 2.24) is 19.9 Å². The van der Waals surface area contributed by atoms with Gasteiger partial charge in [-0.1, -0.05) is 17.7 Å². The Hall–Kier alpha value is -4.05. The van der Waals surface area contributed by atoms with Gasteiger partial charge in [-0.15, -0.1) is 0 Å². The van der Waals surface area contributed by atoms with Crippen LogP contribution in [0.1, 0.15) is 41.7 Å². The van der Waals surface area contributed by atoms with Crippen molar-refractivity contribution >= 4 is 41.0 Å². The molecule has 10 nitrogen and oxygen atoms in total. The van der Waals surface area contributed by atoms with E-state index in [0.29, 0.717) is 47.8 Å². The second-order valence-corrected chi connectivity index (χ2v) is 10.3. The van der Waals surface area contributed by atoms with Gasteiger partial charge in [0.05, 0.1) is 30.8 Å². The summed E-state index contributed by atoms with van der Waals surface area (Å²) in [6.45, 7) is 0.405. The van der Waals surface area contributed by atoms with Gasteiger partial charge in [-0.2, -0.15) is 0 Å². The second kappa shape index (κ2) is 11.8. The van der Waals surface area contributed by atoms with Crippen LogP contribution in [-0.4, -0.2) is 57.3 Å². The number of benzene rings is 1. The third-order valence-electron chi connectivity index (χ3n) is 7.31. The van der Waals surface area contributed by atoms with Crippen LogP contribution in [0.25, 0.3) is 0 Å². The molecule has 1 aliphatic carbocycles. The fraction of sp³-hybridized carbons (Fsp3) is 0.357. The first-order valence-corrected chi connectivity index (χ1v) is 13.3. The lowest BCUT2D eigenvalue weighted by atomic mass is 9.81. The molecule has 2 aliphatic rings. The van der Waals surface area contributed by atoms with Crippen LogP contribution in [0.4, 0.5) is 11.6 Å². The first-order chi connectivity index (χ1) is 18.9. The van der Waals surface area contributed by atoms with E-state index >= 15 is 0 Å². The highest BCUT2D eigenvalue weighted by Gasteiger charge is 2.38. The summed E-state index contributed by atoms with van der Waals surface area (Å²) in [5, 5.41) is 6.11. The molecule has 3 aromatic rings.